The quantitative estimate of drug-likeness (QED) is 0.853. The lowest BCUT2D eigenvalue weighted by Crippen LogP contribution is -2.27. The molecule has 1 N–H and O–H groups in total. The Morgan fingerprint density at radius 3 is 2.54 bits per heavy atom. The van der Waals surface area contributed by atoms with Crippen LogP contribution in [0.25, 0.3) is 5.69 Å². The molecule has 1 amide bonds. The summed E-state index contributed by atoms with van der Waals surface area (Å²) < 4.78 is 1.90. The smallest absolute Gasteiger partial charge is 0.255 e. The molecule has 0 radical (unpaired) electrons. The van der Waals surface area contributed by atoms with Gasteiger partial charge < -0.3 is 5.32 Å². The van der Waals surface area contributed by atoms with E-state index >= 15 is 0 Å². The molecule has 1 aromatic heterocycles. The van der Waals surface area contributed by atoms with Gasteiger partial charge in [0.1, 0.15) is 0 Å². The summed E-state index contributed by atoms with van der Waals surface area (Å²) >= 11 is 6.00. The van der Waals surface area contributed by atoms with Crippen LogP contribution in [0.5, 0.6) is 0 Å². The van der Waals surface area contributed by atoms with E-state index in [4.69, 9.17) is 16.7 Å². The molecular formula is C19H24ClN3O. The zero-order valence-electron chi connectivity index (χ0n) is 14.5. The Hall–Kier alpha value is -1.81. The number of hydrogen-bond donors (Lipinski definition) is 1. The lowest BCUT2D eigenvalue weighted by Gasteiger charge is -2.09. The molecule has 2 aromatic rings. The first-order valence-corrected chi connectivity index (χ1v) is 9.05. The minimum absolute atomic E-state index is 0.0187. The van der Waals surface area contributed by atoms with E-state index in [0.29, 0.717) is 17.0 Å². The SMILES string of the molecule is CCc1c(C(=O)NC2CC2)c(CC(C)C)nn1-c1ccc(Cl)cc1. The van der Waals surface area contributed by atoms with Crippen LogP contribution in [-0.4, -0.2) is 21.7 Å². The van der Waals surface area contributed by atoms with Gasteiger partial charge in [0.25, 0.3) is 5.91 Å². The molecule has 1 heterocycles. The summed E-state index contributed by atoms with van der Waals surface area (Å²) in [7, 11) is 0. The van der Waals surface area contributed by atoms with E-state index in [0.717, 1.165) is 48.3 Å². The largest absolute Gasteiger partial charge is 0.349 e. The van der Waals surface area contributed by atoms with Crippen molar-refractivity contribution in [2.75, 3.05) is 0 Å². The Morgan fingerprint density at radius 1 is 1.33 bits per heavy atom. The number of carbonyl (C=O) groups excluding carboxylic acids is 1. The van der Waals surface area contributed by atoms with Gasteiger partial charge >= 0.3 is 0 Å². The van der Waals surface area contributed by atoms with Gasteiger partial charge in [0.05, 0.1) is 22.6 Å². The molecule has 3 rings (SSSR count). The Balaban J connectivity index is 2.06. The molecule has 0 aliphatic heterocycles. The second-order valence-electron chi connectivity index (χ2n) is 6.86. The zero-order valence-corrected chi connectivity index (χ0v) is 15.2. The van der Waals surface area contributed by atoms with Crippen molar-refractivity contribution in [2.45, 2.75) is 52.5 Å². The Bertz CT molecular complexity index is 730. The fourth-order valence-electron chi connectivity index (χ4n) is 2.90. The molecule has 1 aliphatic rings. The van der Waals surface area contributed by atoms with Gasteiger partial charge in [0, 0.05) is 11.1 Å². The molecule has 1 saturated carbocycles. The normalized spacial score (nSPS) is 14.2. The monoisotopic (exact) mass is 345 g/mol. The van der Waals surface area contributed by atoms with Gasteiger partial charge in [0.15, 0.2) is 0 Å². The van der Waals surface area contributed by atoms with Crippen LogP contribution in [-0.2, 0) is 12.8 Å². The first-order valence-electron chi connectivity index (χ1n) is 8.67. The molecule has 0 saturated heterocycles. The molecule has 5 heteroatoms. The van der Waals surface area contributed by atoms with Gasteiger partial charge in [-0.2, -0.15) is 5.10 Å². The van der Waals surface area contributed by atoms with Crippen LogP contribution >= 0.6 is 11.6 Å². The summed E-state index contributed by atoms with van der Waals surface area (Å²) in [4.78, 5) is 12.8. The number of carbonyl (C=O) groups is 1. The van der Waals surface area contributed by atoms with Gasteiger partial charge in [-0.1, -0.05) is 32.4 Å². The number of aromatic nitrogens is 2. The van der Waals surface area contributed by atoms with E-state index in [1.165, 1.54) is 0 Å². The van der Waals surface area contributed by atoms with Crippen LogP contribution in [0, 0.1) is 5.92 Å². The maximum absolute atomic E-state index is 12.8. The topological polar surface area (TPSA) is 46.9 Å². The van der Waals surface area contributed by atoms with Gasteiger partial charge in [-0.15, -0.1) is 0 Å². The average molecular weight is 346 g/mol. The number of amides is 1. The second kappa shape index (κ2) is 6.98. The number of nitrogens with one attached hydrogen (secondary N) is 1. The molecule has 24 heavy (non-hydrogen) atoms. The third-order valence-corrected chi connectivity index (χ3v) is 4.45. The molecule has 1 aliphatic carbocycles. The Kier molecular flexibility index (Phi) is 4.95. The molecule has 1 fully saturated rings. The summed E-state index contributed by atoms with van der Waals surface area (Å²) in [5.74, 6) is 0.459. The molecule has 0 atom stereocenters. The highest BCUT2D eigenvalue weighted by atomic mass is 35.5. The Labute approximate surface area is 148 Å². The van der Waals surface area contributed by atoms with E-state index < -0.39 is 0 Å². The molecule has 128 valence electrons. The minimum Gasteiger partial charge on any atom is -0.349 e. The van der Waals surface area contributed by atoms with E-state index in [2.05, 4.69) is 26.1 Å². The van der Waals surface area contributed by atoms with E-state index in [1.54, 1.807) is 0 Å². The second-order valence-corrected chi connectivity index (χ2v) is 7.29. The number of benzene rings is 1. The summed E-state index contributed by atoms with van der Waals surface area (Å²) in [6.07, 6.45) is 3.71. The van der Waals surface area contributed by atoms with E-state index in [9.17, 15) is 4.79 Å². The average Bonchev–Trinajstić information content (AvgIpc) is 3.27. The number of hydrogen-bond acceptors (Lipinski definition) is 2. The highest BCUT2D eigenvalue weighted by Gasteiger charge is 2.29. The lowest BCUT2D eigenvalue weighted by atomic mass is 10.0. The standard InChI is InChI=1S/C19H24ClN3O/c1-4-17-18(19(24)21-14-7-8-14)16(11-12(2)3)22-23(17)15-9-5-13(20)6-10-15/h5-6,9-10,12,14H,4,7-8,11H2,1-3H3,(H,21,24). The van der Waals surface area contributed by atoms with Crippen molar-refractivity contribution in [3.63, 3.8) is 0 Å². The van der Waals surface area contributed by atoms with Crippen molar-refractivity contribution >= 4 is 17.5 Å². The summed E-state index contributed by atoms with van der Waals surface area (Å²) in [5.41, 5.74) is 3.54. The van der Waals surface area contributed by atoms with Gasteiger partial charge in [-0.3, -0.25) is 4.79 Å². The number of nitrogens with zero attached hydrogens (tertiary/aromatic N) is 2. The first-order chi connectivity index (χ1) is 11.5. The highest BCUT2D eigenvalue weighted by Crippen LogP contribution is 2.25. The van der Waals surface area contributed by atoms with Crippen LogP contribution in [0.2, 0.25) is 5.02 Å². The predicted molar refractivity (Wildman–Crippen MR) is 97.0 cm³/mol. The third kappa shape index (κ3) is 3.64. The third-order valence-electron chi connectivity index (χ3n) is 4.20. The Morgan fingerprint density at radius 2 is 2.00 bits per heavy atom. The van der Waals surface area contributed by atoms with Gasteiger partial charge in [-0.25, -0.2) is 4.68 Å². The molecular weight excluding hydrogens is 322 g/mol. The van der Waals surface area contributed by atoms with Crippen LogP contribution in [0.1, 0.15) is 55.4 Å². The van der Waals surface area contributed by atoms with Crippen molar-refractivity contribution in [3.05, 3.63) is 46.2 Å². The van der Waals surface area contributed by atoms with Crippen molar-refractivity contribution in [1.29, 1.82) is 0 Å². The van der Waals surface area contributed by atoms with Crippen molar-refractivity contribution in [2.24, 2.45) is 5.92 Å². The maximum atomic E-state index is 12.8. The maximum Gasteiger partial charge on any atom is 0.255 e. The van der Waals surface area contributed by atoms with Crippen LogP contribution in [0.3, 0.4) is 0 Å². The van der Waals surface area contributed by atoms with Crippen molar-refractivity contribution in [1.82, 2.24) is 15.1 Å². The minimum atomic E-state index is 0.0187. The van der Waals surface area contributed by atoms with Crippen LogP contribution in [0.15, 0.2) is 24.3 Å². The van der Waals surface area contributed by atoms with Crippen molar-refractivity contribution in [3.8, 4) is 5.69 Å². The number of halogens is 1. The van der Waals surface area contributed by atoms with E-state index in [-0.39, 0.29) is 5.91 Å². The molecule has 4 nitrogen and oxygen atoms in total. The van der Waals surface area contributed by atoms with Gasteiger partial charge in [0.2, 0.25) is 0 Å². The molecule has 0 spiro atoms. The summed E-state index contributed by atoms with van der Waals surface area (Å²) in [6, 6.07) is 7.92. The first kappa shape index (κ1) is 17.0. The zero-order chi connectivity index (χ0) is 17.3. The molecule has 0 unspecified atom stereocenters. The summed E-state index contributed by atoms with van der Waals surface area (Å²) in [6.45, 7) is 6.36. The van der Waals surface area contributed by atoms with Crippen LogP contribution in [0.4, 0.5) is 0 Å². The number of rotatable bonds is 6. The van der Waals surface area contributed by atoms with E-state index in [1.807, 2.05) is 28.9 Å². The van der Waals surface area contributed by atoms with Gasteiger partial charge in [-0.05, 0) is 55.9 Å². The fourth-order valence-corrected chi connectivity index (χ4v) is 3.03. The lowest BCUT2D eigenvalue weighted by molar-refractivity contribution is 0.0949. The summed E-state index contributed by atoms with van der Waals surface area (Å²) in [5, 5.41) is 8.59. The molecule has 1 aromatic carbocycles. The van der Waals surface area contributed by atoms with Crippen LogP contribution < -0.4 is 5.32 Å². The fraction of sp³-hybridized carbons (Fsp3) is 0.474. The highest BCUT2D eigenvalue weighted by molar-refractivity contribution is 6.30. The predicted octanol–water partition coefficient (Wildman–Crippen LogP) is 4.18. The van der Waals surface area contributed by atoms with Crippen molar-refractivity contribution < 1.29 is 4.79 Å². The molecule has 0 bridgehead atoms.